The number of hydrogen-bond donors (Lipinski definition) is 2. The molecule has 1 aromatic heterocycles. The third kappa shape index (κ3) is 1.95. The summed E-state index contributed by atoms with van der Waals surface area (Å²) < 4.78 is 5.12. The average molecular weight is 230 g/mol. The van der Waals surface area contributed by atoms with Crippen LogP contribution in [0.4, 0.5) is 17.7 Å². The predicted molar refractivity (Wildman–Crippen MR) is 65.1 cm³/mol. The van der Waals surface area contributed by atoms with Crippen molar-refractivity contribution >= 4 is 17.7 Å². The second kappa shape index (κ2) is 4.08. The summed E-state index contributed by atoms with van der Waals surface area (Å²) >= 11 is 0. The van der Waals surface area contributed by atoms with Crippen molar-refractivity contribution in [2.75, 3.05) is 11.1 Å². The SMILES string of the molecule is Nc1nnc(Nc2cccc3c2CCCC3)o1. The molecule has 3 rings (SSSR count). The summed E-state index contributed by atoms with van der Waals surface area (Å²) in [5.41, 5.74) is 9.20. The highest BCUT2D eigenvalue weighted by Gasteiger charge is 2.14. The van der Waals surface area contributed by atoms with Gasteiger partial charge in [0, 0.05) is 5.69 Å². The Kier molecular flexibility index (Phi) is 2.44. The van der Waals surface area contributed by atoms with Gasteiger partial charge in [-0.25, -0.2) is 0 Å². The summed E-state index contributed by atoms with van der Waals surface area (Å²) in [6, 6.07) is 6.69. The fourth-order valence-electron chi connectivity index (χ4n) is 2.30. The normalized spacial score (nSPS) is 14.4. The summed E-state index contributed by atoms with van der Waals surface area (Å²) in [6.45, 7) is 0. The second-order valence-corrected chi connectivity index (χ2v) is 4.22. The lowest BCUT2D eigenvalue weighted by Gasteiger charge is -2.18. The van der Waals surface area contributed by atoms with E-state index in [-0.39, 0.29) is 6.01 Å². The third-order valence-corrected chi connectivity index (χ3v) is 3.08. The van der Waals surface area contributed by atoms with Crippen LogP contribution in [0.2, 0.25) is 0 Å². The van der Waals surface area contributed by atoms with Gasteiger partial charge in [-0.2, -0.15) is 0 Å². The van der Waals surface area contributed by atoms with E-state index in [2.05, 4.69) is 21.6 Å². The molecular formula is C12H14N4O. The summed E-state index contributed by atoms with van der Waals surface area (Å²) in [7, 11) is 0. The van der Waals surface area contributed by atoms with Crippen molar-refractivity contribution in [3.05, 3.63) is 29.3 Å². The van der Waals surface area contributed by atoms with Crippen LogP contribution in [0, 0.1) is 0 Å². The molecular weight excluding hydrogens is 216 g/mol. The molecule has 0 bridgehead atoms. The quantitative estimate of drug-likeness (QED) is 0.827. The molecule has 0 radical (unpaired) electrons. The highest BCUT2D eigenvalue weighted by atomic mass is 16.4. The number of hydrogen-bond acceptors (Lipinski definition) is 5. The number of anilines is 3. The molecule has 0 amide bonds. The maximum Gasteiger partial charge on any atom is 0.321 e. The van der Waals surface area contributed by atoms with Crippen molar-refractivity contribution < 1.29 is 4.42 Å². The van der Waals surface area contributed by atoms with E-state index in [1.54, 1.807) is 0 Å². The number of benzene rings is 1. The van der Waals surface area contributed by atoms with Crippen molar-refractivity contribution in [3.8, 4) is 0 Å². The highest BCUT2D eigenvalue weighted by molar-refractivity contribution is 5.60. The Hall–Kier alpha value is -2.04. The molecule has 0 unspecified atom stereocenters. The average Bonchev–Trinajstić information content (AvgIpc) is 2.75. The van der Waals surface area contributed by atoms with Gasteiger partial charge in [0.2, 0.25) is 0 Å². The predicted octanol–water partition coefficient (Wildman–Crippen LogP) is 2.27. The zero-order chi connectivity index (χ0) is 11.7. The van der Waals surface area contributed by atoms with Gasteiger partial charge in [0.1, 0.15) is 0 Å². The number of nitrogen functional groups attached to an aromatic ring is 1. The first-order valence-electron chi connectivity index (χ1n) is 5.80. The van der Waals surface area contributed by atoms with Crippen LogP contribution in [0.1, 0.15) is 24.0 Å². The number of nitrogens with zero attached hydrogens (tertiary/aromatic N) is 2. The van der Waals surface area contributed by atoms with Gasteiger partial charge in [0.05, 0.1) is 0 Å². The Labute approximate surface area is 99.0 Å². The fourth-order valence-corrected chi connectivity index (χ4v) is 2.30. The summed E-state index contributed by atoms with van der Waals surface area (Å²) in [5, 5.41) is 10.6. The first-order valence-corrected chi connectivity index (χ1v) is 5.80. The van der Waals surface area contributed by atoms with Crippen LogP contribution in [0.3, 0.4) is 0 Å². The standard InChI is InChI=1S/C12H14N4O/c13-11-15-16-12(17-11)14-10-7-3-5-8-4-1-2-6-9(8)10/h3,5,7H,1-2,4,6H2,(H2,13,15)(H,14,16). The minimum absolute atomic E-state index is 0.0808. The lowest BCUT2D eigenvalue weighted by molar-refractivity contribution is 0.592. The Morgan fingerprint density at radius 3 is 2.88 bits per heavy atom. The Morgan fingerprint density at radius 2 is 2.06 bits per heavy atom. The summed E-state index contributed by atoms with van der Waals surface area (Å²) in [5.74, 6) is 0. The number of aryl methyl sites for hydroxylation is 1. The first-order chi connectivity index (χ1) is 8.33. The van der Waals surface area contributed by atoms with Gasteiger partial charge in [0.15, 0.2) is 0 Å². The Balaban J connectivity index is 1.92. The van der Waals surface area contributed by atoms with Crippen molar-refractivity contribution in [3.63, 3.8) is 0 Å². The molecule has 0 saturated heterocycles. The molecule has 0 aliphatic heterocycles. The van der Waals surface area contributed by atoms with Crippen molar-refractivity contribution in [2.45, 2.75) is 25.7 Å². The lowest BCUT2D eigenvalue weighted by atomic mass is 9.90. The van der Waals surface area contributed by atoms with Gasteiger partial charge in [-0.05, 0) is 42.9 Å². The van der Waals surface area contributed by atoms with Crippen molar-refractivity contribution in [2.24, 2.45) is 0 Å². The van der Waals surface area contributed by atoms with Gasteiger partial charge in [-0.15, -0.1) is 0 Å². The molecule has 88 valence electrons. The minimum Gasteiger partial charge on any atom is -0.389 e. The van der Waals surface area contributed by atoms with Crippen LogP contribution < -0.4 is 11.1 Å². The van der Waals surface area contributed by atoms with Gasteiger partial charge < -0.3 is 15.5 Å². The van der Waals surface area contributed by atoms with Crippen LogP contribution in [-0.4, -0.2) is 10.2 Å². The molecule has 1 aromatic carbocycles. The molecule has 1 aliphatic carbocycles. The van der Waals surface area contributed by atoms with E-state index >= 15 is 0 Å². The van der Waals surface area contributed by atoms with Gasteiger partial charge in [-0.1, -0.05) is 22.3 Å². The third-order valence-electron chi connectivity index (χ3n) is 3.08. The molecule has 17 heavy (non-hydrogen) atoms. The number of fused-ring (bicyclic) bond motifs is 1. The first kappa shape index (κ1) is 10.1. The molecule has 5 nitrogen and oxygen atoms in total. The zero-order valence-electron chi connectivity index (χ0n) is 9.44. The smallest absolute Gasteiger partial charge is 0.321 e. The van der Waals surface area contributed by atoms with E-state index in [4.69, 9.17) is 10.2 Å². The molecule has 5 heteroatoms. The monoisotopic (exact) mass is 230 g/mol. The second-order valence-electron chi connectivity index (χ2n) is 4.22. The van der Waals surface area contributed by atoms with E-state index in [1.807, 2.05) is 12.1 Å². The molecule has 1 heterocycles. The van der Waals surface area contributed by atoms with E-state index in [9.17, 15) is 0 Å². The Morgan fingerprint density at radius 1 is 1.18 bits per heavy atom. The van der Waals surface area contributed by atoms with Crippen LogP contribution in [0.15, 0.2) is 22.6 Å². The molecule has 0 fully saturated rings. The molecule has 1 aliphatic rings. The largest absolute Gasteiger partial charge is 0.389 e. The van der Waals surface area contributed by atoms with Crippen molar-refractivity contribution in [1.29, 1.82) is 0 Å². The minimum atomic E-state index is 0.0808. The maximum absolute atomic E-state index is 5.39. The molecule has 3 N–H and O–H groups in total. The molecule has 2 aromatic rings. The van der Waals surface area contributed by atoms with Gasteiger partial charge in [-0.3, -0.25) is 0 Å². The van der Waals surface area contributed by atoms with Crippen LogP contribution in [0.25, 0.3) is 0 Å². The lowest BCUT2D eigenvalue weighted by Crippen LogP contribution is -2.06. The summed E-state index contributed by atoms with van der Waals surface area (Å²) in [4.78, 5) is 0. The van der Waals surface area contributed by atoms with E-state index < -0.39 is 0 Å². The number of nitrogens with two attached hydrogens (primary N) is 1. The van der Waals surface area contributed by atoms with Crippen molar-refractivity contribution in [1.82, 2.24) is 10.2 Å². The van der Waals surface area contributed by atoms with Gasteiger partial charge >= 0.3 is 12.0 Å². The Bertz CT molecular complexity index is 535. The number of nitrogens with one attached hydrogen (secondary N) is 1. The maximum atomic E-state index is 5.39. The van der Waals surface area contributed by atoms with Crippen LogP contribution >= 0.6 is 0 Å². The van der Waals surface area contributed by atoms with Gasteiger partial charge in [0.25, 0.3) is 0 Å². The molecule has 0 atom stereocenters. The topological polar surface area (TPSA) is 77.0 Å². The van der Waals surface area contributed by atoms with E-state index in [0.717, 1.165) is 18.5 Å². The van der Waals surface area contributed by atoms with E-state index in [0.29, 0.717) is 6.01 Å². The van der Waals surface area contributed by atoms with Crippen LogP contribution in [-0.2, 0) is 12.8 Å². The zero-order valence-corrected chi connectivity index (χ0v) is 9.44. The fraction of sp³-hybridized carbons (Fsp3) is 0.333. The van der Waals surface area contributed by atoms with E-state index in [1.165, 1.54) is 24.0 Å². The summed E-state index contributed by atoms with van der Waals surface area (Å²) in [6.07, 6.45) is 4.75. The number of aromatic nitrogens is 2. The highest BCUT2D eigenvalue weighted by Crippen LogP contribution is 2.29. The van der Waals surface area contributed by atoms with Crippen LogP contribution in [0.5, 0.6) is 0 Å². The molecule has 0 saturated carbocycles. The molecule has 0 spiro atoms. The number of rotatable bonds is 2.